The number of carboxylic acids is 1. The average Bonchev–Trinajstić information content (AvgIpc) is 2.27. The third-order valence-corrected chi connectivity index (χ3v) is 3.85. The highest BCUT2D eigenvalue weighted by Gasteiger charge is 2.41. The van der Waals surface area contributed by atoms with E-state index in [9.17, 15) is 9.59 Å². The number of amides is 1. The number of piperidine rings is 1. The van der Waals surface area contributed by atoms with Gasteiger partial charge in [-0.3, -0.25) is 14.5 Å². The van der Waals surface area contributed by atoms with Crippen LogP contribution in [0.2, 0.25) is 0 Å². The highest BCUT2D eigenvalue weighted by molar-refractivity contribution is 5.84. The Hall–Kier alpha value is -1.14. The second-order valence-corrected chi connectivity index (χ2v) is 5.19. The van der Waals surface area contributed by atoms with Crippen molar-refractivity contribution in [1.82, 2.24) is 10.2 Å². The minimum absolute atomic E-state index is 0.0847. The van der Waals surface area contributed by atoms with E-state index in [4.69, 9.17) is 9.84 Å². The molecule has 2 rings (SSSR count). The van der Waals surface area contributed by atoms with Gasteiger partial charge in [-0.1, -0.05) is 0 Å². The van der Waals surface area contributed by atoms with E-state index in [1.54, 1.807) is 0 Å². The molecule has 102 valence electrons. The standard InChI is InChI=1S/C12H20N2O4/c1-9(11(16)17)13-10(15)8-14-5-2-12(3-6-14)4-7-18-12/h9H,2-8H2,1H3,(H,13,15)(H,16,17)/t9-/m0/s1. The molecule has 6 nitrogen and oxygen atoms in total. The summed E-state index contributed by atoms with van der Waals surface area (Å²) >= 11 is 0. The van der Waals surface area contributed by atoms with Crippen LogP contribution in [0.5, 0.6) is 0 Å². The summed E-state index contributed by atoms with van der Waals surface area (Å²) in [7, 11) is 0. The highest BCUT2D eigenvalue weighted by Crippen LogP contribution is 2.36. The molecule has 0 bridgehead atoms. The molecule has 0 aromatic carbocycles. The first-order valence-corrected chi connectivity index (χ1v) is 6.39. The summed E-state index contributed by atoms with van der Waals surface area (Å²) in [5, 5.41) is 11.2. The predicted octanol–water partition coefficient (Wildman–Crippen LogP) is -0.169. The van der Waals surface area contributed by atoms with Crippen LogP contribution in [0.15, 0.2) is 0 Å². The Bertz CT molecular complexity index is 331. The fourth-order valence-corrected chi connectivity index (χ4v) is 2.46. The van der Waals surface area contributed by atoms with Crippen molar-refractivity contribution < 1.29 is 19.4 Å². The summed E-state index contributed by atoms with van der Waals surface area (Å²) in [6, 6.07) is -0.830. The Morgan fingerprint density at radius 3 is 2.44 bits per heavy atom. The minimum atomic E-state index is -1.01. The maximum Gasteiger partial charge on any atom is 0.325 e. The van der Waals surface area contributed by atoms with E-state index >= 15 is 0 Å². The zero-order chi connectivity index (χ0) is 13.2. The number of hydrogen-bond donors (Lipinski definition) is 2. The monoisotopic (exact) mass is 256 g/mol. The number of carbonyl (C=O) groups excluding carboxylic acids is 1. The SMILES string of the molecule is C[C@H](NC(=O)CN1CCC2(CCO2)CC1)C(=O)O. The second-order valence-electron chi connectivity index (χ2n) is 5.19. The van der Waals surface area contributed by atoms with Crippen LogP contribution in [-0.4, -0.2) is 59.8 Å². The van der Waals surface area contributed by atoms with Gasteiger partial charge in [0.25, 0.3) is 0 Å². The molecule has 6 heteroatoms. The van der Waals surface area contributed by atoms with Crippen molar-refractivity contribution in [2.75, 3.05) is 26.2 Å². The Labute approximate surface area is 106 Å². The molecule has 1 atom stereocenters. The number of likely N-dealkylation sites (tertiary alicyclic amines) is 1. The Morgan fingerprint density at radius 1 is 1.39 bits per heavy atom. The topological polar surface area (TPSA) is 78.9 Å². The lowest BCUT2D eigenvalue weighted by Crippen LogP contribution is -2.54. The van der Waals surface area contributed by atoms with Gasteiger partial charge in [0.1, 0.15) is 6.04 Å². The predicted molar refractivity (Wildman–Crippen MR) is 64.2 cm³/mol. The number of nitrogens with one attached hydrogen (secondary N) is 1. The first kappa shape index (κ1) is 13.3. The van der Waals surface area contributed by atoms with Crippen LogP contribution in [0.1, 0.15) is 26.2 Å². The lowest BCUT2D eigenvalue weighted by Gasteiger charge is -2.47. The summed E-state index contributed by atoms with van der Waals surface area (Å²) < 4.78 is 5.60. The molecular formula is C12H20N2O4. The van der Waals surface area contributed by atoms with Gasteiger partial charge in [-0.15, -0.1) is 0 Å². The van der Waals surface area contributed by atoms with Crippen molar-refractivity contribution in [3.8, 4) is 0 Å². The first-order chi connectivity index (χ1) is 8.51. The fraction of sp³-hybridized carbons (Fsp3) is 0.833. The van der Waals surface area contributed by atoms with Gasteiger partial charge in [0.15, 0.2) is 0 Å². The largest absolute Gasteiger partial charge is 0.480 e. The summed E-state index contributed by atoms with van der Waals surface area (Å²) in [4.78, 5) is 24.3. The van der Waals surface area contributed by atoms with Crippen molar-refractivity contribution in [2.24, 2.45) is 0 Å². The van der Waals surface area contributed by atoms with Crippen molar-refractivity contribution >= 4 is 11.9 Å². The second kappa shape index (κ2) is 5.24. The molecular weight excluding hydrogens is 236 g/mol. The molecule has 0 saturated carbocycles. The molecule has 2 fully saturated rings. The molecule has 0 aromatic heterocycles. The number of carboxylic acid groups (broad SMARTS) is 1. The lowest BCUT2D eigenvalue weighted by molar-refractivity contribution is -0.173. The maximum atomic E-state index is 11.6. The lowest BCUT2D eigenvalue weighted by atomic mass is 9.84. The van der Waals surface area contributed by atoms with Crippen molar-refractivity contribution in [1.29, 1.82) is 0 Å². The summed E-state index contributed by atoms with van der Waals surface area (Å²) in [6.45, 7) is 4.28. The van der Waals surface area contributed by atoms with E-state index in [1.807, 2.05) is 0 Å². The molecule has 2 N–H and O–H groups in total. The van der Waals surface area contributed by atoms with E-state index < -0.39 is 12.0 Å². The molecule has 0 unspecified atom stereocenters. The fourth-order valence-electron chi connectivity index (χ4n) is 2.46. The van der Waals surface area contributed by atoms with Gasteiger partial charge < -0.3 is 15.2 Å². The molecule has 0 radical (unpaired) electrons. The molecule has 2 aliphatic heterocycles. The van der Waals surface area contributed by atoms with Crippen LogP contribution < -0.4 is 5.32 Å². The molecule has 0 aromatic rings. The summed E-state index contributed by atoms with van der Waals surface area (Å²) in [5.74, 6) is -1.24. The van der Waals surface area contributed by atoms with Gasteiger partial charge in [-0.2, -0.15) is 0 Å². The first-order valence-electron chi connectivity index (χ1n) is 6.39. The van der Waals surface area contributed by atoms with Gasteiger partial charge >= 0.3 is 5.97 Å². The van der Waals surface area contributed by atoms with Gasteiger partial charge in [0.2, 0.25) is 5.91 Å². The van der Waals surface area contributed by atoms with Crippen LogP contribution in [0.25, 0.3) is 0 Å². The Morgan fingerprint density at radius 2 is 2.00 bits per heavy atom. The van der Waals surface area contributed by atoms with Crippen molar-refractivity contribution in [3.05, 3.63) is 0 Å². The Kier molecular flexibility index (Phi) is 3.87. The average molecular weight is 256 g/mol. The summed E-state index contributed by atoms with van der Waals surface area (Å²) in [6.07, 6.45) is 3.06. The molecule has 18 heavy (non-hydrogen) atoms. The number of rotatable bonds is 4. The normalized spacial score (nSPS) is 24.3. The number of hydrogen-bond acceptors (Lipinski definition) is 4. The van der Waals surface area contributed by atoms with E-state index in [2.05, 4.69) is 10.2 Å². The minimum Gasteiger partial charge on any atom is -0.480 e. The molecule has 1 spiro atoms. The van der Waals surface area contributed by atoms with Crippen molar-refractivity contribution in [3.63, 3.8) is 0 Å². The number of nitrogens with zero attached hydrogens (tertiary/aromatic N) is 1. The van der Waals surface area contributed by atoms with Crippen LogP contribution in [0.4, 0.5) is 0 Å². The Balaban J connectivity index is 1.71. The maximum absolute atomic E-state index is 11.6. The quantitative estimate of drug-likeness (QED) is 0.730. The number of carbonyl (C=O) groups is 2. The van der Waals surface area contributed by atoms with E-state index in [-0.39, 0.29) is 18.1 Å². The van der Waals surface area contributed by atoms with Gasteiger partial charge in [0, 0.05) is 13.1 Å². The van der Waals surface area contributed by atoms with Crippen LogP contribution in [0, 0.1) is 0 Å². The molecule has 1 amide bonds. The molecule has 2 saturated heterocycles. The molecule has 2 heterocycles. The summed E-state index contributed by atoms with van der Waals surface area (Å²) in [5.41, 5.74) is 0.0847. The zero-order valence-electron chi connectivity index (χ0n) is 10.6. The smallest absolute Gasteiger partial charge is 0.325 e. The van der Waals surface area contributed by atoms with Gasteiger partial charge in [-0.05, 0) is 26.2 Å². The van der Waals surface area contributed by atoms with Crippen LogP contribution >= 0.6 is 0 Å². The third-order valence-electron chi connectivity index (χ3n) is 3.85. The van der Waals surface area contributed by atoms with Gasteiger partial charge in [-0.25, -0.2) is 0 Å². The zero-order valence-corrected chi connectivity index (χ0v) is 10.6. The molecule has 0 aliphatic carbocycles. The van der Waals surface area contributed by atoms with Crippen LogP contribution in [-0.2, 0) is 14.3 Å². The molecule has 2 aliphatic rings. The van der Waals surface area contributed by atoms with E-state index in [0.29, 0.717) is 0 Å². The van der Waals surface area contributed by atoms with E-state index in [1.165, 1.54) is 6.92 Å². The number of ether oxygens (including phenoxy) is 1. The highest BCUT2D eigenvalue weighted by atomic mass is 16.5. The third kappa shape index (κ3) is 3.00. The van der Waals surface area contributed by atoms with Crippen molar-refractivity contribution in [2.45, 2.75) is 37.8 Å². The van der Waals surface area contributed by atoms with Gasteiger partial charge in [0.05, 0.1) is 18.8 Å². The van der Waals surface area contributed by atoms with E-state index in [0.717, 1.165) is 39.0 Å². The van der Waals surface area contributed by atoms with Crippen LogP contribution in [0.3, 0.4) is 0 Å². The number of aliphatic carboxylic acids is 1.